The molecule has 2 saturated heterocycles. The van der Waals surface area contributed by atoms with E-state index in [-0.39, 0.29) is 0 Å². The SMILES string of the molecule is CCC1CCCCCN1CC1CCNC1. The Hall–Kier alpha value is -0.0800. The van der Waals surface area contributed by atoms with Crippen molar-refractivity contribution in [2.24, 2.45) is 5.92 Å². The molecule has 0 saturated carbocycles. The zero-order valence-corrected chi connectivity index (χ0v) is 10.2. The van der Waals surface area contributed by atoms with E-state index >= 15 is 0 Å². The van der Waals surface area contributed by atoms with Crippen LogP contribution < -0.4 is 5.32 Å². The minimum atomic E-state index is 0.882. The molecule has 2 heterocycles. The monoisotopic (exact) mass is 210 g/mol. The molecule has 2 fully saturated rings. The molecule has 15 heavy (non-hydrogen) atoms. The standard InChI is InChI=1S/C13H26N2/c1-2-13-6-4-3-5-9-15(13)11-12-7-8-14-10-12/h12-14H,2-11H2,1H3. The first kappa shape index (κ1) is 11.4. The summed E-state index contributed by atoms with van der Waals surface area (Å²) in [5.74, 6) is 0.928. The lowest BCUT2D eigenvalue weighted by Gasteiger charge is -2.31. The quantitative estimate of drug-likeness (QED) is 0.768. The van der Waals surface area contributed by atoms with Crippen LogP contribution in [-0.2, 0) is 0 Å². The van der Waals surface area contributed by atoms with Gasteiger partial charge in [-0.25, -0.2) is 0 Å². The topological polar surface area (TPSA) is 15.3 Å². The minimum absolute atomic E-state index is 0.882. The largest absolute Gasteiger partial charge is 0.316 e. The van der Waals surface area contributed by atoms with Crippen LogP contribution in [0.4, 0.5) is 0 Å². The van der Waals surface area contributed by atoms with Gasteiger partial charge < -0.3 is 10.2 Å². The summed E-state index contributed by atoms with van der Waals surface area (Å²) in [5, 5.41) is 3.48. The lowest BCUT2D eigenvalue weighted by molar-refractivity contribution is 0.169. The Labute approximate surface area is 94.4 Å². The van der Waals surface area contributed by atoms with Gasteiger partial charge in [0.2, 0.25) is 0 Å². The van der Waals surface area contributed by atoms with Crippen molar-refractivity contribution in [3.05, 3.63) is 0 Å². The predicted octanol–water partition coefficient (Wildman–Crippen LogP) is 2.25. The van der Waals surface area contributed by atoms with Crippen molar-refractivity contribution in [2.45, 2.75) is 51.5 Å². The molecule has 88 valence electrons. The van der Waals surface area contributed by atoms with Gasteiger partial charge in [-0.15, -0.1) is 0 Å². The third-order valence-corrected chi connectivity index (χ3v) is 4.13. The van der Waals surface area contributed by atoms with Gasteiger partial charge in [0.05, 0.1) is 0 Å². The molecule has 0 aromatic rings. The predicted molar refractivity (Wildman–Crippen MR) is 65.1 cm³/mol. The first-order valence-corrected chi connectivity index (χ1v) is 6.85. The summed E-state index contributed by atoms with van der Waals surface area (Å²) in [6.07, 6.45) is 8.52. The van der Waals surface area contributed by atoms with Gasteiger partial charge in [-0.1, -0.05) is 19.8 Å². The summed E-state index contributed by atoms with van der Waals surface area (Å²) in [7, 11) is 0. The highest BCUT2D eigenvalue weighted by molar-refractivity contribution is 4.80. The highest BCUT2D eigenvalue weighted by Gasteiger charge is 2.23. The fraction of sp³-hybridized carbons (Fsp3) is 1.00. The van der Waals surface area contributed by atoms with Crippen LogP contribution in [0.15, 0.2) is 0 Å². The maximum absolute atomic E-state index is 3.48. The highest BCUT2D eigenvalue weighted by atomic mass is 15.2. The van der Waals surface area contributed by atoms with Crippen LogP contribution in [0.25, 0.3) is 0 Å². The first-order chi connectivity index (χ1) is 7.40. The van der Waals surface area contributed by atoms with Gasteiger partial charge in [0.25, 0.3) is 0 Å². The summed E-state index contributed by atoms with van der Waals surface area (Å²) in [6.45, 7) is 7.57. The maximum Gasteiger partial charge on any atom is 0.00927 e. The summed E-state index contributed by atoms with van der Waals surface area (Å²) in [5.41, 5.74) is 0. The molecule has 2 atom stereocenters. The van der Waals surface area contributed by atoms with Crippen LogP contribution in [0.1, 0.15) is 45.4 Å². The number of nitrogens with zero attached hydrogens (tertiary/aromatic N) is 1. The van der Waals surface area contributed by atoms with Gasteiger partial charge in [0, 0.05) is 12.6 Å². The van der Waals surface area contributed by atoms with Crippen molar-refractivity contribution in [3.63, 3.8) is 0 Å². The fourth-order valence-corrected chi connectivity index (χ4v) is 3.14. The second-order valence-electron chi connectivity index (χ2n) is 5.27. The van der Waals surface area contributed by atoms with Crippen molar-refractivity contribution in [2.75, 3.05) is 26.2 Å². The second-order valence-corrected chi connectivity index (χ2v) is 5.27. The first-order valence-electron chi connectivity index (χ1n) is 6.85. The van der Waals surface area contributed by atoms with Crippen LogP contribution in [0.3, 0.4) is 0 Å². The minimum Gasteiger partial charge on any atom is -0.316 e. The molecule has 2 aliphatic heterocycles. The number of likely N-dealkylation sites (tertiary alicyclic amines) is 1. The van der Waals surface area contributed by atoms with E-state index in [4.69, 9.17) is 0 Å². The molecule has 2 nitrogen and oxygen atoms in total. The van der Waals surface area contributed by atoms with E-state index < -0.39 is 0 Å². The van der Waals surface area contributed by atoms with Crippen molar-refractivity contribution >= 4 is 0 Å². The Bertz CT molecular complexity index is 175. The molecule has 0 aromatic carbocycles. The van der Waals surface area contributed by atoms with Gasteiger partial charge in [-0.3, -0.25) is 0 Å². The van der Waals surface area contributed by atoms with Crippen LogP contribution in [0.5, 0.6) is 0 Å². The maximum atomic E-state index is 3.48. The summed E-state index contributed by atoms with van der Waals surface area (Å²) < 4.78 is 0. The zero-order chi connectivity index (χ0) is 10.5. The molecule has 0 spiro atoms. The van der Waals surface area contributed by atoms with E-state index in [9.17, 15) is 0 Å². The van der Waals surface area contributed by atoms with E-state index in [0.717, 1.165) is 12.0 Å². The van der Waals surface area contributed by atoms with E-state index in [0.29, 0.717) is 0 Å². The molecule has 0 amide bonds. The Morgan fingerprint density at radius 2 is 2.13 bits per heavy atom. The average Bonchev–Trinajstić information content (AvgIpc) is 2.64. The molecule has 2 rings (SSSR count). The fourth-order valence-electron chi connectivity index (χ4n) is 3.14. The molecule has 2 unspecified atom stereocenters. The molecule has 0 aliphatic carbocycles. The Balaban J connectivity index is 1.85. The van der Waals surface area contributed by atoms with E-state index in [2.05, 4.69) is 17.1 Å². The molecule has 1 N–H and O–H groups in total. The van der Waals surface area contributed by atoms with Gasteiger partial charge >= 0.3 is 0 Å². The molecule has 2 heteroatoms. The molecular formula is C13H26N2. The van der Waals surface area contributed by atoms with Crippen molar-refractivity contribution in [1.82, 2.24) is 10.2 Å². The van der Waals surface area contributed by atoms with Crippen LogP contribution >= 0.6 is 0 Å². The lowest BCUT2D eigenvalue weighted by Crippen LogP contribution is -2.38. The summed E-state index contributed by atoms with van der Waals surface area (Å²) >= 11 is 0. The Kier molecular flexibility index (Phi) is 4.45. The van der Waals surface area contributed by atoms with Gasteiger partial charge in [0.15, 0.2) is 0 Å². The van der Waals surface area contributed by atoms with Crippen molar-refractivity contribution < 1.29 is 0 Å². The number of hydrogen-bond donors (Lipinski definition) is 1. The number of hydrogen-bond acceptors (Lipinski definition) is 2. The second kappa shape index (κ2) is 5.86. The van der Waals surface area contributed by atoms with Crippen LogP contribution in [-0.4, -0.2) is 37.1 Å². The average molecular weight is 210 g/mol. The van der Waals surface area contributed by atoms with Crippen molar-refractivity contribution in [1.29, 1.82) is 0 Å². The Morgan fingerprint density at radius 1 is 1.20 bits per heavy atom. The van der Waals surface area contributed by atoms with Gasteiger partial charge in [0.1, 0.15) is 0 Å². The third-order valence-electron chi connectivity index (χ3n) is 4.13. The lowest BCUT2D eigenvalue weighted by atomic mass is 10.0. The molecule has 2 aliphatic rings. The normalized spacial score (nSPS) is 34.2. The Morgan fingerprint density at radius 3 is 2.87 bits per heavy atom. The summed E-state index contributed by atoms with van der Waals surface area (Å²) in [4.78, 5) is 2.78. The van der Waals surface area contributed by atoms with Crippen LogP contribution in [0, 0.1) is 5.92 Å². The summed E-state index contributed by atoms with van der Waals surface area (Å²) in [6, 6.07) is 0.882. The van der Waals surface area contributed by atoms with Crippen molar-refractivity contribution in [3.8, 4) is 0 Å². The molecule has 0 aromatic heterocycles. The number of rotatable bonds is 3. The smallest absolute Gasteiger partial charge is 0.00927 e. The van der Waals surface area contributed by atoms with Crippen LogP contribution in [0.2, 0.25) is 0 Å². The molecular weight excluding hydrogens is 184 g/mol. The highest BCUT2D eigenvalue weighted by Crippen LogP contribution is 2.21. The van der Waals surface area contributed by atoms with E-state index in [1.807, 2.05) is 0 Å². The molecule has 0 radical (unpaired) electrons. The number of nitrogens with one attached hydrogen (secondary N) is 1. The molecule has 0 bridgehead atoms. The third kappa shape index (κ3) is 3.18. The van der Waals surface area contributed by atoms with Gasteiger partial charge in [-0.05, 0) is 51.2 Å². The van der Waals surface area contributed by atoms with E-state index in [1.165, 1.54) is 64.7 Å². The van der Waals surface area contributed by atoms with Gasteiger partial charge in [-0.2, -0.15) is 0 Å². The van der Waals surface area contributed by atoms with E-state index in [1.54, 1.807) is 0 Å². The zero-order valence-electron chi connectivity index (χ0n) is 10.2.